The van der Waals surface area contributed by atoms with Crippen LogP contribution < -0.4 is 4.74 Å². The quantitative estimate of drug-likeness (QED) is 0.852. The summed E-state index contributed by atoms with van der Waals surface area (Å²) in [5, 5.41) is 0. The van der Waals surface area contributed by atoms with Gasteiger partial charge in [0.1, 0.15) is 5.75 Å². The van der Waals surface area contributed by atoms with Gasteiger partial charge in [-0.2, -0.15) is 0 Å². The zero-order valence-electron chi connectivity index (χ0n) is 13.5. The number of amides is 1. The van der Waals surface area contributed by atoms with E-state index in [4.69, 9.17) is 4.74 Å². The van der Waals surface area contributed by atoms with Crippen LogP contribution in [0.25, 0.3) is 0 Å². The van der Waals surface area contributed by atoms with Gasteiger partial charge in [0.05, 0.1) is 6.33 Å². The minimum Gasteiger partial charge on any atom is -0.484 e. The first-order valence-corrected chi connectivity index (χ1v) is 8.14. The molecule has 0 unspecified atom stereocenters. The van der Waals surface area contributed by atoms with E-state index in [1.165, 1.54) is 0 Å². The number of carbonyl (C=O) groups is 1. The predicted octanol–water partition coefficient (Wildman–Crippen LogP) is 2.51. The molecule has 3 rings (SSSR count). The molecule has 0 atom stereocenters. The summed E-state index contributed by atoms with van der Waals surface area (Å²) >= 11 is 0. The number of aromatic nitrogens is 2. The second-order valence-electron chi connectivity index (χ2n) is 6.19. The first-order chi connectivity index (χ1) is 11.2. The maximum absolute atomic E-state index is 12.3. The number of rotatable bonds is 5. The highest BCUT2D eigenvalue weighted by Crippen LogP contribution is 2.19. The normalized spacial score (nSPS) is 15.6. The maximum Gasteiger partial charge on any atom is 0.260 e. The van der Waals surface area contributed by atoms with Gasteiger partial charge in [0.15, 0.2) is 6.61 Å². The highest BCUT2D eigenvalue weighted by Gasteiger charge is 2.23. The summed E-state index contributed by atoms with van der Waals surface area (Å²) in [7, 11) is 0. The van der Waals surface area contributed by atoms with Gasteiger partial charge in [0.25, 0.3) is 5.91 Å². The molecule has 0 N–H and O–H groups in total. The number of aryl methyl sites for hydroxylation is 1. The van der Waals surface area contributed by atoms with E-state index < -0.39 is 0 Å². The van der Waals surface area contributed by atoms with Crippen molar-refractivity contribution in [2.75, 3.05) is 19.7 Å². The first kappa shape index (κ1) is 15.6. The standard InChI is InChI=1S/C18H23N3O2/c1-15-3-2-4-17(11-15)23-13-18(22)21-8-5-16(6-9-21)12-20-10-7-19-14-20/h2-4,7,10-11,14,16H,5-6,8-9,12-13H2,1H3. The Morgan fingerprint density at radius 1 is 1.35 bits per heavy atom. The average molecular weight is 313 g/mol. The lowest BCUT2D eigenvalue weighted by Crippen LogP contribution is -2.41. The number of piperidine rings is 1. The SMILES string of the molecule is Cc1cccc(OCC(=O)N2CCC(Cn3ccnc3)CC2)c1. The monoisotopic (exact) mass is 313 g/mol. The van der Waals surface area contributed by atoms with Crippen LogP contribution in [0.2, 0.25) is 0 Å². The third-order valence-corrected chi connectivity index (χ3v) is 4.35. The zero-order valence-corrected chi connectivity index (χ0v) is 13.5. The fourth-order valence-electron chi connectivity index (χ4n) is 3.00. The maximum atomic E-state index is 12.3. The number of hydrogen-bond donors (Lipinski definition) is 0. The minimum atomic E-state index is 0.0765. The highest BCUT2D eigenvalue weighted by atomic mass is 16.5. The molecule has 2 aromatic rings. The van der Waals surface area contributed by atoms with E-state index in [1.807, 2.05) is 48.6 Å². The Hall–Kier alpha value is -2.30. The summed E-state index contributed by atoms with van der Waals surface area (Å²) in [6, 6.07) is 7.79. The van der Waals surface area contributed by atoms with Crippen molar-refractivity contribution in [3.05, 3.63) is 48.5 Å². The topological polar surface area (TPSA) is 47.4 Å². The van der Waals surface area contributed by atoms with Crippen molar-refractivity contribution >= 4 is 5.91 Å². The summed E-state index contributed by atoms with van der Waals surface area (Å²) in [5.74, 6) is 1.45. The fourth-order valence-corrected chi connectivity index (χ4v) is 3.00. The van der Waals surface area contributed by atoms with Crippen molar-refractivity contribution in [1.29, 1.82) is 0 Å². The van der Waals surface area contributed by atoms with Crippen LogP contribution in [0.1, 0.15) is 18.4 Å². The zero-order chi connectivity index (χ0) is 16.1. The van der Waals surface area contributed by atoms with Crippen LogP contribution in [0.3, 0.4) is 0 Å². The van der Waals surface area contributed by atoms with Gasteiger partial charge in [-0.3, -0.25) is 4.79 Å². The largest absolute Gasteiger partial charge is 0.484 e. The highest BCUT2D eigenvalue weighted by molar-refractivity contribution is 5.77. The molecule has 1 fully saturated rings. The van der Waals surface area contributed by atoms with Crippen molar-refractivity contribution < 1.29 is 9.53 Å². The van der Waals surface area contributed by atoms with Crippen molar-refractivity contribution in [3.8, 4) is 5.75 Å². The predicted molar refractivity (Wildman–Crippen MR) is 88.2 cm³/mol. The molecule has 5 heteroatoms. The van der Waals surface area contributed by atoms with E-state index in [-0.39, 0.29) is 12.5 Å². The van der Waals surface area contributed by atoms with Gasteiger partial charge >= 0.3 is 0 Å². The van der Waals surface area contributed by atoms with Crippen molar-refractivity contribution in [3.63, 3.8) is 0 Å². The molecule has 2 heterocycles. The molecule has 1 aliphatic heterocycles. The van der Waals surface area contributed by atoms with E-state index in [9.17, 15) is 4.79 Å². The summed E-state index contributed by atoms with van der Waals surface area (Å²) < 4.78 is 7.72. The number of benzene rings is 1. The Kier molecular flexibility index (Phi) is 4.95. The second kappa shape index (κ2) is 7.31. The van der Waals surface area contributed by atoms with Crippen molar-refractivity contribution in [2.45, 2.75) is 26.3 Å². The molecule has 0 radical (unpaired) electrons. The lowest BCUT2D eigenvalue weighted by atomic mass is 9.97. The van der Waals surface area contributed by atoms with E-state index in [0.29, 0.717) is 5.92 Å². The van der Waals surface area contributed by atoms with Crippen molar-refractivity contribution in [2.24, 2.45) is 5.92 Å². The molecular formula is C18H23N3O2. The molecule has 1 aromatic carbocycles. The Balaban J connectivity index is 1.43. The fraction of sp³-hybridized carbons (Fsp3) is 0.444. The molecule has 1 saturated heterocycles. The summed E-state index contributed by atoms with van der Waals surface area (Å²) in [4.78, 5) is 18.3. The van der Waals surface area contributed by atoms with E-state index in [1.54, 1.807) is 6.20 Å². The summed E-state index contributed by atoms with van der Waals surface area (Å²) in [6.45, 7) is 4.75. The van der Waals surface area contributed by atoms with Gasteiger partial charge in [0, 0.05) is 32.0 Å². The number of nitrogens with zero attached hydrogens (tertiary/aromatic N) is 3. The van der Waals surface area contributed by atoms with Crippen LogP contribution in [-0.2, 0) is 11.3 Å². The molecule has 0 bridgehead atoms. The molecule has 1 aromatic heterocycles. The number of ether oxygens (including phenoxy) is 1. The minimum absolute atomic E-state index is 0.0765. The first-order valence-electron chi connectivity index (χ1n) is 8.14. The van der Waals surface area contributed by atoms with Crippen molar-refractivity contribution in [1.82, 2.24) is 14.5 Å². The van der Waals surface area contributed by atoms with Crippen LogP contribution in [-0.4, -0.2) is 40.1 Å². The van der Waals surface area contributed by atoms with Gasteiger partial charge in [-0.05, 0) is 43.4 Å². The molecular weight excluding hydrogens is 290 g/mol. The van der Waals surface area contributed by atoms with E-state index in [0.717, 1.165) is 43.8 Å². The van der Waals surface area contributed by atoms with Crippen LogP contribution >= 0.6 is 0 Å². The third kappa shape index (κ3) is 4.34. The van der Waals surface area contributed by atoms with Gasteiger partial charge < -0.3 is 14.2 Å². The summed E-state index contributed by atoms with van der Waals surface area (Å²) in [6.07, 6.45) is 7.73. The van der Waals surface area contributed by atoms with Crippen LogP contribution in [0.5, 0.6) is 5.75 Å². The third-order valence-electron chi connectivity index (χ3n) is 4.35. The number of hydrogen-bond acceptors (Lipinski definition) is 3. The lowest BCUT2D eigenvalue weighted by molar-refractivity contribution is -0.134. The van der Waals surface area contributed by atoms with Gasteiger partial charge in [-0.1, -0.05) is 12.1 Å². The Morgan fingerprint density at radius 2 is 2.17 bits per heavy atom. The second-order valence-corrected chi connectivity index (χ2v) is 6.19. The summed E-state index contributed by atoms with van der Waals surface area (Å²) in [5.41, 5.74) is 1.13. The number of likely N-dealkylation sites (tertiary alicyclic amines) is 1. The van der Waals surface area contributed by atoms with Crippen LogP contribution in [0, 0.1) is 12.8 Å². The molecule has 1 aliphatic rings. The Labute approximate surface area is 136 Å². The molecule has 0 spiro atoms. The number of imidazole rings is 1. The number of carbonyl (C=O) groups excluding carboxylic acids is 1. The van der Waals surface area contributed by atoms with Gasteiger partial charge in [-0.25, -0.2) is 4.98 Å². The lowest BCUT2D eigenvalue weighted by Gasteiger charge is -2.32. The molecule has 5 nitrogen and oxygen atoms in total. The molecule has 0 aliphatic carbocycles. The van der Waals surface area contributed by atoms with E-state index in [2.05, 4.69) is 9.55 Å². The van der Waals surface area contributed by atoms with Gasteiger partial charge in [0.2, 0.25) is 0 Å². The van der Waals surface area contributed by atoms with Crippen LogP contribution in [0.4, 0.5) is 0 Å². The average Bonchev–Trinajstić information content (AvgIpc) is 3.06. The smallest absolute Gasteiger partial charge is 0.260 e. The Morgan fingerprint density at radius 3 is 2.87 bits per heavy atom. The Bertz CT molecular complexity index is 631. The van der Waals surface area contributed by atoms with Crippen LogP contribution in [0.15, 0.2) is 43.0 Å². The molecule has 23 heavy (non-hydrogen) atoms. The molecule has 0 saturated carbocycles. The van der Waals surface area contributed by atoms with E-state index >= 15 is 0 Å². The van der Waals surface area contributed by atoms with Gasteiger partial charge in [-0.15, -0.1) is 0 Å². The molecule has 1 amide bonds. The molecule has 122 valence electrons.